The molecule has 1 aromatic carbocycles. The molecular formula is C11H16FN3O2. The molecule has 0 saturated carbocycles. The zero-order chi connectivity index (χ0) is 13.0. The molecule has 0 aromatic heterocycles. The summed E-state index contributed by atoms with van der Waals surface area (Å²) in [5.74, 6) is -0.651. The molecule has 1 unspecified atom stereocenters. The van der Waals surface area contributed by atoms with Crippen molar-refractivity contribution < 1.29 is 9.31 Å². The van der Waals surface area contributed by atoms with Crippen molar-refractivity contribution in [2.45, 2.75) is 19.9 Å². The molecule has 0 heterocycles. The molecule has 0 amide bonds. The van der Waals surface area contributed by atoms with Gasteiger partial charge in [0.25, 0.3) is 0 Å². The normalized spacial score (nSPS) is 12.5. The van der Waals surface area contributed by atoms with E-state index in [4.69, 9.17) is 5.73 Å². The molecule has 3 N–H and O–H groups in total. The fraction of sp³-hybridized carbons (Fsp3) is 0.455. The maximum atomic E-state index is 13.3. The molecule has 0 spiro atoms. The Labute approximate surface area is 99.0 Å². The van der Waals surface area contributed by atoms with Gasteiger partial charge in [-0.15, -0.1) is 0 Å². The van der Waals surface area contributed by atoms with Crippen LogP contribution in [0.15, 0.2) is 18.2 Å². The van der Waals surface area contributed by atoms with Crippen LogP contribution in [0.2, 0.25) is 0 Å². The van der Waals surface area contributed by atoms with Crippen LogP contribution in [-0.2, 0) is 0 Å². The number of anilines is 1. The summed E-state index contributed by atoms with van der Waals surface area (Å²) < 4.78 is 13.3. The van der Waals surface area contributed by atoms with Crippen molar-refractivity contribution in [3.63, 3.8) is 0 Å². The van der Waals surface area contributed by atoms with Crippen LogP contribution in [0.5, 0.6) is 0 Å². The summed E-state index contributed by atoms with van der Waals surface area (Å²) in [6, 6.07) is 3.84. The molecule has 0 aliphatic heterocycles. The first-order chi connectivity index (χ1) is 7.97. The molecule has 6 heteroatoms. The predicted molar refractivity (Wildman–Crippen MR) is 64.4 cm³/mol. The summed E-state index contributed by atoms with van der Waals surface area (Å²) in [6.07, 6.45) is 0. The van der Waals surface area contributed by atoms with E-state index in [-0.39, 0.29) is 17.6 Å². The van der Waals surface area contributed by atoms with Crippen molar-refractivity contribution in [1.82, 2.24) is 0 Å². The second-order valence-electron chi connectivity index (χ2n) is 4.12. The first-order valence-corrected chi connectivity index (χ1v) is 5.36. The third-order valence-corrected chi connectivity index (χ3v) is 2.57. The van der Waals surface area contributed by atoms with Crippen LogP contribution in [0.25, 0.3) is 0 Å². The van der Waals surface area contributed by atoms with Gasteiger partial charge in [-0.2, -0.15) is 4.39 Å². The van der Waals surface area contributed by atoms with Gasteiger partial charge in [0.2, 0.25) is 5.82 Å². The van der Waals surface area contributed by atoms with Crippen LogP contribution >= 0.6 is 0 Å². The lowest BCUT2D eigenvalue weighted by atomic mass is 10.0. The topological polar surface area (TPSA) is 81.2 Å². The highest BCUT2D eigenvalue weighted by molar-refractivity contribution is 5.62. The van der Waals surface area contributed by atoms with E-state index in [1.165, 1.54) is 12.1 Å². The van der Waals surface area contributed by atoms with Gasteiger partial charge in [-0.1, -0.05) is 19.9 Å². The Bertz CT molecular complexity index is 410. The minimum Gasteiger partial charge on any atom is -0.375 e. The number of benzene rings is 1. The molecule has 0 radical (unpaired) electrons. The number of nitro groups is 1. The molecule has 0 fully saturated rings. The quantitative estimate of drug-likeness (QED) is 0.611. The predicted octanol–water partition coefficient (Wildman–Crippen LogP) is 2.13. The molecule has 0 bridgehead atoms. The van der Waals surface area contributed by atoms with Crippen molar-refractivity contribution in [1.29, 1.82) is 0 Å². The van der Waals surface area contributed by atoms with Crippen molar-refractivity contribution in [3.8, 4) is 0 Å². The van der Waals surface area contributed by atoms with E-state index in [9.17, 15) is 14.5 Å². The molecule has 5 nitrogen and oxygen atoms in total. The number of hydrogen-bond donors (Lipinski definition) is 2. The van der Waals surface area contributed by atoms with Gasteiger partial charge in [-0.25, -0.2) is 0 Å². The number of nitrogens with two attached hydrogens (primary N) is 1. The Balaban J connectivity index is 3.05. The molecule has 1 aromatic rings. The molecule has 94 valence electrons. The maximum absolute atomic E-state index is 13.3. The highest BCUT2D eigenvalue weighted by Crippen LogP contribution is 2.28. The van der Waals surface area contributed by atoms with E-state index in [1.54, 1.807) is 0 Å². The fourth-order valence-electron chi connectivity index (χ4n) is 1.51. The van der Waals surface area contributed by atoms with Gasteiger partial charge in [-0.05, 0) is 18.1 Å². The SMILES string of the molecule is CC(C)C(CN)Nc1cccc(F)c1[N+](=O)[O-]. The third-order valence-electron chi connectivity index (χ3n) is 2.57. The van der Waals surface area contributed by atoms with Gasteiger partial charge in [0.1, 0.15) is 5.69 Å². The summed E-state index contributed by atoms with van der Waals surface area (Å²) in [7, 11) is 0. The lowest BCUT2D eigenvalue weighted by molar-refractivity contribution is -0.386. The van der Waals surface area contributed by atoms with Crippen LogP contribution < -0.4 is 11.1 Å². The Hall–Kier alpha value is -1.69. The number of hydrogen-bond acceptors (Lipinski definition) is 4. The molecule has 1 atom stereocenters. The average molecular weight is 241 g/mol. The number of nitrogens with one attached hydrogen (secondary N) is 1. The Morgan fingerprint density at radius 1 is 1.53 bits per heavy atom. The molecule has 0 aliphatic rings. The zero-order valence-electron chi connectivity index (χ0n) is 9.81. The summed E-state index contributed by atoms with van der Waals surface area (Å²) in [5.41, 5.74) is 5.19. The standard InChI is InChI=1S/C11H16FN3O2/c1-7(2)10(6-13)14-9-5-3-4-8(12)11(9)15(16)17/h3-5,7,10,14H,6,13H2,1-2H3. The number of halogens is 1. The van der Waals surface area contributed by atoms with Gasteiger partial charge in [0.15, 0.2) is 0 Å². The lowest BCUT2D eigenvalue weighted by Crippen LogP contribution is -2.33. The minimum atomic E-state index is -0.848. The first-order valence-electron chi connectivity index (χ1n) is 5.36. The summed E-state index contributed by atoms with van der Waals surface area (Å²) in [4.78, 5) is 10.0. The third kappa shape index (κ3) is 3.13. The number of nitro benzene ring substituents is 1. The Kier molecular flexibility index (Phi) is 4.39. The van der Waals surface area contributed by atoms with Gasteiger partial charge in [-0.3, -0.25) is 10.1 Å². The van der Waals surface area contributed by atoms with Crippen LogP contribution in [0.1, 0.15) is 13.8 Å². The zero-order valence-corrected chi connectivity index (χ0v) is 9.81. The Morgan fingerprint density at radius 3 is 2.65 bits per heavy atom. The fourth-order valence-corrected chi connectivity index (χ4v) is 1.51. The average Bonchev–Trinajstić information content (AvgIpc) is 2.24. The minimum absolute atomic E-state index is 0.129. The highest BCUT2D eigenvalue weighted by atomic mass is 19.1. The van der Waals surface area contributed by atoms with E-state index in [0.29, 0.717) is 6.54 Å². The Morgan fingerprint density at radius 2 is 2.18 bits per heavy atom. The monoisotopic (exact) mass is 241 g/mol. The smallest absolute Gasteiger partial charge is 0.327 e. The van der Waals surface area contributed by atoms with Gasteiger partial charge in [0, 0.05) is 12.6 Å². The molecule has 17 heavy (non-hydrogen) atoms. The highest BCUT2D eigenvalue weighted by Gasteiger charge is 2.22. The van der Waals surface area contributed by atoms with Crippen molar-refractivity contribution in [3.05, 3.63) is 34.1 Å². The molecule has 0 saturated heterocycles. The second kappa shape index (κ2) is 5.58. The molecular weight excluding hydrogens is 225 g/mol. The van der Waals surface area contributed by atoms with Crippen LogP contribution in [0.3, 0.4) is 0 Å². The second-order valence-corrected chi connectivity index (χ2v) is 4.12. The van der Waals surface area contributed by atoms with Crippen molar-refractivity contribution in [2.24, 2.45) is 11.7 Å². The van der Waals surface area contributed by atoms with Crippen molar-refractivity contribution in [2.75, 3.05) is 11.9 Å². The lowest BCUT2D eigenvalue weighted by Gasteiger charge is -2.21. The van der Waals surface area contributed by atoms with E-state index in [1.807, 2.05) is 13.8 Å². The largest absolute Gasteiger partial charge is 0.375 e. The van der Waals surface area contributed by atoms with Crippen LogP contribution in [0, 0.1) is 21.8 Å². The van der Waals surface area contributed by atoms with Crippen LogP contribution in [-0.4, -0.2) is 17.5 Å². The van der Waals surface area contributed by atoms with E-state index < -0.39 is 16.4 Å². The molecule has 1 rings (SSSR count). The number of para-hydroxylation sites is 1. The van der Waals surface area contributed by atoms with E-state index in [0.717, 1.165) is 6.07 Å². The van der Waals surface area contributed by atoms with Gasteiger partial charge in [0.05, 0.1) is 4.92 Å². The maximum Gasteiger partial charge on any atom is 0.327 e. The number of nitrogens with zero attached hydrogens (tertiary/aromatic N) is 1. The van der Waals surface area contributed by atoms with Crippen LogP contribution in [0.4, 0.5) is 15.8 Å². The first kappa shape index (κ1) is 13.4. The van der Waals surface area contributed by atoms with Crippen molar-refractivity contribution >= 4 is 11.4 Å². The number of rotatable bonds is 5. The summed E-state index contributed by atoms with van der Waals surface area (Å²) in [6.45, 7) is 4.21. The summed E-state index contributed by atoms with van der Waals surface area (Å²) in [5, 5.41) is 13.7. The van der Waals surface area contributed by atoms with E-state index in [2.05, 4.69) is 5.32 Å². The summed E-state index contributed by atoms with van der Waals surface area (Å²) >= 11 is 0. The van der Waals surface area contributed by atoms with Gasteiger partial charge < -0.3 is 11.1 Å². The molecule has 0 aliphatic carbocycles. The van der Waals surface area contributed by atoms with E-state index >= 15 is 0 Å². The van der Waals surface area contributed by atoms with Gasteiger partial charge >= 0.3 is 5.69 Å².